The monoisotopic (exact) mass is 394 g/mol. The largest absolute Gasteiger partial charge is 0.485 e. The molecule has 2 aromatic carbocycles. The number of fused-ring (bicyclic) bond motifs is 1. The molecule has 1 aromatic heterocycles. The van der Waals surface area contributed by atoms with Gasteiger partial charge in [0.05, 0.1) is 12.2 Å². The van der Waals surface area contributed by atoms with Crippen LogP contribution < -0.4 is 26.0 Å². The van der Waals surface area contributed by atoms with Gasteiger partial charge >= 0.3 is 6.03 Å². The van der Waals surface area contributed by atoms with E-state index in [0.29, 0.717) is 36.2 Å². The predicted molar refractivity (Wildman–Crippen MR) is 110 cm³/mol. The van der Waals surface area contributed by atoms with Crippen LogP contribution in [0.5, 0.6) is 5.75 Å². The summed E-state index contributed by atoms with van der Waals surface area (Å²) in [6.07, 6.45) is 1.45. The number of nitrogens with zero attached hydrogens (tertiary/aromatic N) is 2. The smallest absolute Gasteiger partial charge is 0.323 e. The van der Waals surface area contributed by atoms with Crippen LogP contribution in [0, 0.1) is 12.7 Å². The normalized spacial score (nSPS) is 12.2. The van der Waals surface area contributed by atoms with Gasteiger partial charge in [-0.25, -0.2) is 19.2 Å². The molecule has 2 heterocycles. The molecule has 0 fully saturated rings. The van der Waals surface area contributed by atoms with E-state index in [1.165, 1.54) is 12.4 Å². The van der Waals surface area contributed by atoms with E-state index in [4.69, 9.17) is 4.74 Å². The Balaban J connectivity index is 1.41. The highest BCUT2D eigenvalue weighted by molar-refractivity contribution is 6.00. The van der Waals surface area contributed by atoms with Gasteiger partial charge in [0.25, 0.3) is 0 Å². The zero-order chi connectivity index (χ0) is 20.2. The Bertz CT molecular complexity index is 1040. The molecule has 29 heavy (non-hydrogen) atoms. The van der Waals surface area contributed by atoms with E-state index in [9.17, 15) is 9.18 Å². The summed E-state index contributed by atoms with van der Waals surface area (Å²) in [5, 5.41) is 11.5. The first-order valence-electron chi connectivity index (χ1n) is 9.01. The van der Waals surface area contributed by atoms with Crippen molar-refractivity contribution in [1.29, 1.82) is 0 Å². The van der Waals surface area contributed by atoms with Crippen LogP contribution >= 0.6 is 0 Å². The van der Waals surface area contributed by atoms with Crippen LogP contribution in [-0.4, -0.2) is 29.2 Å². The highest BCUT2D eigenvalue weighted by atomic mass is 19.1. The molecule has 0 spiro atoms. The summed E-state index contributed by atoms with van der Waals surface area (Å²) in [5.74, 6) is 1.28. The van der Waals surface area contributed by atoms with Crippen molar-refractivity contribution in [3.8, 4) is 5.75 Å². The maximum atomic E-state index is 13.8. The fourth-order valence-electron chi connectivity index (χ4n) is 2.84. The van der Waals surface area contributed by atoms with Gasteiger partial charge in [0.1, 0.15) is 18.8 Å². The summed E-state index contributed by atoms with van der Waals surface area (Å²) in [4.78, 5) is 20.5. The maximum Gasteiger partial charge on any atom is 0.323 e. The van der Waals surface area contributed by atoms with Crippen LogP contribution in [0.1, 0.15) is 5.56 Å². The van der Waals surface area contributed by atoms with Crippen LogP contribution in [0.25, 0.3) is 0 Å². The van der Waals surface area contributed by atoms with Crippen molar-refractivity contribution in [3.63, 3.8) is 0 Å². The van der Waals surface area contributed by atoms with E-state index in [1.807, 2.05) is 6.92 Å². The number of anilines is 5. The van der Waals surface area contributed by atoms with E-state index in [-0.39, 0.29) is 5.69 Å². The number of aromatic nitrogens is 2. The zero-order valence-electron chi connectivity index (χ0n) is 15.6. The van der Waals surface area contributed by atoms with E-state index in [1.54, 1.807) is 36.4 Å². The number of hydrogen-bond donors (Lipinski definition) is 4. The summed E-state index contributed by atoms with van der Waals surface area (Å²) in [5.41, 5.74) is 2.30. The molecule has 148 valence electrons. The summed E-state index contributed by atoms with van der Waals surface area (Å²) < 4.78 is 19.4. The van der Waals surface area contributed by atoms with Crippen molar-refractivity contribution in [3.05, 3.63) is 60.2 Å². The summed E-state index contributed by atoms with van der Waals surface area (Å²) in [6.45, 7) is 3.05. The van der Waals surface area contributed by atoms with Crippen LogP contribution in [0.4, 0.5) is 37.9 Å². The number of ether oxygens (including phenoxy) is 1. The lowest BCUT2D eigenvalue weighted by atomic mass is 10.2. The molecule has 1 aliphatic heterocycles. The number of halogens is 1. The zero-order valence-corrected chi connectivity index (χ0v) is 15.6. The highest BCUT2D eigenvalue weighted by Gasteiger charge is 2.16. The molecular formula is C20H19FN6O2. The summed E-state index contributed by atoms with van der Waals surface area (Å²) >= 11 is 0. The third-order valence-corrected chi connectivity index (χ3v) is 4.22. The molecule has 4 N–H and O–H groups in total. The molecule has 0 saturated heterocycles. The Morgan fingerprint density at radius 1 is 1.10 bits per heavy atom. The second-order valence-corrected chi connectivity index (χ2v) is 6.44. The Hall–Kier alpha value is -3.88. The fourth-order valence-corrected chi connectivity index (χ4v) is 2.84. The lowest BCUT2D eigenvalue weighted by molar-refractivity contribution is 0.262. The van der Waals surface area contributed by atoms with Crippen molar-refractivity contribution >= 4 is 34.7 Å². The van der Waals surface area contributed by atoms with Crippen molar-refractivity contribution in [1.82, 2.24) is 9.97 Å². The van der Waals surface area contributed by atoms with Gasteiger partial charge in [-0.1, -0.05) is 6.07 Å². The first-order chi connectivity index (χ1) is 14.1. The van der Waals surface area contributed by atoms with Gasteiger partial charge in [-0.05, 0) is 48.9 Å². The average Bonchev–Trinajstić information content (AvgIpc) is 2.72. The van der Waals surface area contributed by atoms with Gasteiger partial charge in [0.2, 0.25) is 5.75 Å². The van der Waals surface area contributed by atoms with Crippen molar-refractivity contribution in [2.75, 3.05) is 34.4 Å². The molecule has 4 rings (SSSR count). The van der Waals surface area contributed by atoms with Crippen LogP contribution in [0.3, 0.4) is 0 Å². The summed E-state index contributed by atoms with van der Waals surface area (Å²) in [6, 6.07) is 11.0. The number of carbonyl (C=O) groups is 1. The van der Waals surface area contributed by atoms with Crippen molar-refractivity contribution in [2.24, 2.45) is 0 Å². The SMILES string of the molecule is Cc1ccc(F)c(NC(=O)Nc2ccc(Nc3ncnc4c3OCCN4)cc2)c1. The number of carbonyl (C=O) groups excluding carboxylic acids is 1. The molecule has 0 saturated carbocycles. The van der Waals surface area contributed by atoms with Gasteiger partial charge in [0.15, 0.2) is 11.6 Å². The van der Waals surface area contributed by atoms with Crippen molar-refractivity contribution < 1.29 is 13.9 Å². The van der Waals surface area contributed by atoms with E-state index < -0.39 is 11.8 Å². The third kappa shape index (κ3) is 4.34. The van der Waals surface area contributed by atoms with Crippen molar-refractivity contribution in [2.45, 2.75) is 6.92 Å². The Kier molecular flexibility index (Phi) is 5.10. The number of urea groups is 1. The number of rotatable bonds is 4. The molecule has 9 heteroatoms. The lowest BCUT2D eigenvalue weighted by Gasteiger charge is -2.20. The second-order valence-electron chi connectivity index (χ2n) is 6.44. The number of nitrogens with one attached hydrogen (secondary N) is 4. The standard InChI is InChI=1S/C20H19FN6O2/c1-12-2-7-15(21)16(10-12)27-20(28)26-14-5-3-13(4-6-14)25-19-17-18(23-11-24-19)22-8-9-29-17/h2-7,10-11H,8-9H2,1H3,(H2,26,27,28)(H2,22,23,24,25). The molecule has 1 aliphatic rings. The van der Waals surface area contributed by atoms with Crippen LogP contribution in [0.2, 0.25) is 0 Å². The van der Waals surface area contributed by atoms with Gasteiger partial charge in [-0.15, -0.1) is 0 Å². The highest BCUT2D eigenvalue weighted by Crippen LogP contribution is 2.33. The minimum Gasteiger partial charge on any atom is -0.485 e. The average molecular weight is 394 g/mol. The molecule has 0 aliphatic carbocycles. The number of aryl methyl sites for hydroxylation is 1. The Labute approximate surface area is 166 Å². The van der Waals surface area contributed by atoms with Crippen LogP contribution in [-0.2, 0) is 0 Å². The predicted octanol–water partition coefficient (Wildman–Crippen LogP) is 4.12. The van der Waals surface area contributed by atoms with E-state index in [2.05, 4.69) is 31.2 Å². The second kappa shape index (κ2) is 8.01. The van der Waals surface area contributed by atoms with Gasteiger partial charge < -0.3 is 26.0 Å². The Morgan fingerprint density at radius 2 is 1.90 bits per heavy atom. The van der Waals surface area contributed by atoms with E-state index in [0.717, 1.165) is 11.3 Å². The molecule has 0 unspecified atom stereocenters. The molecule has 0 radical (unpaired) electrons. The first-order valence-corrected chi connectivity index (χ1v) is 9.01. The molecule has 2 amide bonds. The topological polar surface area (TPSA) is 100 Å². The number of amides is 2. The van der Waals surface area contributed by atoms with Crippen LogP contribution in [0.15, 0.2) is 48.8 Å². The summed E-state index contributed by atoms with van der Waals surface area (Å²) in [7, 11) is 0. The molecule has 0 bridgehead atoms. The quantitative estimate of drug-likeness (QED) is 0.531. The fraction of sp³-hybridized carbons (Fsp3) is 0.150. The van der Waals surface area contributed by atoms with Gasteiger partial charge in [-0.3, -0.25) is 0 Å². The lowest BCUT2D eigenvalue weighted by Crippen LogP contribution is -2.20. The first kappa shape index (κ1) is 18.5. The molecular weight excluding hydrogens is 375 g/mol. The van der Waals surface area contributed by atoms with Gasteiger partial charge in [-0.2, -0.15) is 0 Å². The maximum absolute atomic E-state index is 13.8. The van der Waals surface area contributed by atoms with Gasteiger partial charge in [0, 0.05) is 11.4 Å². The molecule has 0 atom stereocenters. The molecule has 8 nitrogen and oxygen atoms in total. The minimum absolute atomic E-state index is 0.128. The number of hydrogen-bond acceptors (Lipinski definition) is 6. The minimum atomic E-state index is -0.528. The Morgan fingerprint density at radius 3 is 2.72 bits per heavy atom. The van der Waals surface area contributed by atoms with E-state index >= 15 is 0 Å². The molecule has 3 aromatic rings. The third-order valence-electron chi connectivity index (χ3n) is 4.22. The number of benzene rings is 2.